The van der Waals surface area contributed by atoms with Crippen LogP contribution in [0.1, 0.15) is 49.0 Å². The van der Waals surface area contributed by atoms with Crippen LogP contribution in [0.4, 0.5) is 0 Å². The van der Waals surface area contributed by atoms with Crippen LogP contribution in [0.25, 0.3) is 22.1 Å². The van der Waals surface area contributed by atoms with E-state index in [1.54, 1.807) is 0 Å². The van der Waals surface area contributed by atoms with Gasteiger partial charge in [-0.15, -0.1) is 0 Å². The van der Waals surface area contributed by atoms with Crippen LogP contribution in [0.5, 0.6) is 0 Å². The Morgan fingerprint density at radius 3 is 2.58 bits per heavy atom. The van der Waals surface area contributed by atoms with Gasteiger partial charge in [-0.3, -0.25) is 19.5 Å². The monoisotopic (exact) mass is 481 g/mol. The third-order valence-electron chi connectivity index (χ3n) is 8.35. The van der Waals surface area contributed by atoms with Crippen LogP contribution in [-0.2, 0) is 9.59 Å². The summed E-state index contributed by atoms with van der Waals surface area (Å²) in [5, 5.41) is 1.10. The average Bonchev–Trinajstić information content (AvgIpc) is 3.76. The van der Waals surface area contributed by atoms with Crippen molar-refractivity contribution < 1.29 is 14.0 Å². The van der Waals surface area contributed by atoms with E-state index in [0.29, 0.717) is 18.4 Å². The first-order valence-electron chi connectivity index (χ1n) is 13.2. The van der Waals surface area contributed by atoms with Gasteiger partial charge < -0.3 is 9.32 Å². The molecule has 1 spiro atoms. The maximum atomic E-state index is 13.4. The highest BCUT2D eigenvalue weighted by Crippen LogP contribution is 2.46. The molecule has 1 atom stereocenters. The van der Waals surface area contributed by atoms with Gasteiger partial charge in [0.1, 0.15) is 22.7 Å². The van der Waals surface area contributed by atoms with Gasteiger partial charge in [-0.2, -0.15) is 0 Å². The number of amides is 2. The molecule has 2 amide bonds. The van der Waals surface area contributed by atoms with Gasteiger partial charge in [0.25, 0.3) is 5.91 Å². The maximum Gasteiger partial charge on any atom is 0.256 e. The van der Waals surface area contributed by atoms with Gasteiger partial charge >= 0.3 is 0 Å². The quantitative estimate of drug-likeness (QED) is 0.509. The molecular formula is C30H31N3O3. The minimum absolute atomic E-state index is 0.147. The van der Waals surface area contributed by atoms with Crippen molar-refractivity contribution in [3.8, 4) is 11.1 Å². The molecule has 3 heterocycles. The highest BCUT2D eigenvalue weighted by atomic mass is 16.3. The number of aliphatic imine (C=N–C) groups is 1. The largest absolute Gasteiger partial charge is 0.461 e. The molecule has 1 saturated heterocycles. The van der Waals surface area contributed by atoms with Crippen LogP contribution in [0.3, 0.4) is 0 Å². The summed E-state index contributed by atoms with van der Waals surface area (Å²) >= 11 is 0. The number of likely N-dealkylation sites (tertiary alicyclic amines) is 1. The third-order valence-corrected chi connectivity index (χ3v) is 8.35. The lowest BCUT2D eigenvalue weighted by atomic mass is 9.98. The van der Waals surface area contributed by atoms with Gasteiger partial charge in [-0.1, -0.05) is 24.3 Å². The van der Waals surface area contributed by atoms with Gasteiger partial charge in [0.2, 0.25) is 5.91 Å². The van der Waals surface area contributed by atoms with Crippen molar-refractivity contribution >= 4 is 28.6 Å². The minimum atomic E-state index is -0.535. The summed E-state index contributed by atoms with van der Waals surface area (Å²) in [6, 6.07) is 14.8. The molecule has 2 aromatic carbocycles. The lowest BCUT2D eigenvalue weighted by Crippen LogP contribution is -2.41. The Kier molecular flexibility index (Phi) is 4.73. The third kappa shape index (κ3) is 3.57. The summed E-state index contributed by atoms with van der Waals surface area (Å²) in [6.07, 6.45) is 4.70. The van der Waals surface area contributed by atoms with E-state index in [4.69, 9.17) is 9.41 Å². The van der Waals surface area contributed by atoms with E-state index in [2.05, 4.69) is 43.3 Å². The highest BCUT2D eigenvalue weighted by Gasteiger charge is 2.57. The van der Waals surface area contributed by atoms with Gasteiger partial charge in [0, 0.05) is 36.5 Å². The number of amidine groups is 1. The van der Waals surface area contributed by atoms with Gasteiger partial charge in [0.05, 0.1) is 0 Å². The van der Waals surface area contributed by atoms with Crippen molar-refractivity contribution in [3.63, 3.8) is 0 Å². The van der Waals surface area contributed by atoms with Crippen LogP contribution in [0.2, 0.25) is 0 Å². The predicted octanol–water partition coefficient (Wildman–Crippen LogP) is 5.10. The molecule has 2 saturated carbocycles. The second kappa shape index (κ2) is 7.79. The number of hydrogen-bond acceptors (Lipinski definition) is 4. The van der Waals surface area contributed by atoms with E-state index >= 15 is 0 Å². The maximum absolute atomic E-state index is 13.4. The average molecular weight is 482 g/mol. The van der Waals surface area contributed by atoms with Crippen LogP contribution in [0.15, 0.2) is 51.9 Å². The lowest BCUT2D eigenvalue weighted by molar-refractivity contribution is -0.131. The Balaban J connectivity index is 1.15. The standard InChI is InChI=1S/C30H31N3O3/c1-18-13-22(23-6-8-26-24(15-23)14-19(2)36-26)5-7-25(18)27-31-30(10-11-30)29(35)33(27)17-20-9-12-32(16-20)28(34)21-3-4-21/h5-8,13-15,20-21H,3-4,9-12,16-17H2,1-2H3. The summed E-state index contributed by atoms with van der Waals surface area (Å²) in [5.74, 6) is 2.74. The molecule has 2 aliphatic carbocycles. The number of benzene rings is 2. The molecule has 3 fully saturated rings. The first kappa shape index (κ1) is 21.8. The molecule has 36 heavy (non-hydrogen) atoms. The summed E-state index contributed by atoms with van der Waals surface area (Å²) in [7, 11) is 0. The first-order valence-corrected chi connectivity index (χ1v) is 13.2. The molecule has 0 radical (unpaired) electrons. The van der Waals surface area contributed by atoms with Gasteiger partial charge in [-0.05, 0) is 86.8 Å². The summed E-state index contributed by atoms with van der Waals surface area (Å²) in [5.41, 5.74) is 4.79. The molecule has 1 unspecified atom stereocenters. The molecule has 1 aromatic heterocycles. The molecule has 2 aliphatic heterocycles. The van der Waals surface area contributed by atoms with Crippen molar-refractivity contribution in [2.45, 2.75) is 51.5 Å². The topological polar surface area (TPSA) is 66.1 Å². The summed E-state index contributed by atoms with van der Waals surface area (Å²) in [4.78, 5) is 34.9. The van der Waals surface area contributed by atoms with Crippen LogP contribution >= 0.6 is 0 Å². The normalized spacial score (nSPS) is 22.7. The molecular weight excluding hydrogens is 450 g/mol. The van der Waals surface area contributed by atoms with Crippen molar-refractivity contribution in [2.75, 3.05) is 19.6 Å². The Bertz CT molecular complexity index is 1440. The summed E-state index contributed by atoms with van der Waals surface area (Å²) in [6.45, 7) is 6.29. The highest BCUT2D eigenvalue weighted by molar-refractivity contribution is 6.17. The zero-order valence-electron chi connectivity index (χ0n) is 20.9. The molecule has 184 valence electrons. The summed E-state index contributed by atoms with van der Waals surface area (Å²) < 4.78 is 5.73. The van der Waals surface area contributed by atoms with E-state index in [-0.39, 0.29) is 11.8 Å². The van der Waals surface area contributed by atoms with Crippen molar-refractivity contribution in [2.24, 2.45) is 16.8 Å². The fraction of sp³-hybridized carbons (Fsp3) is 0.433. The molecule has 7 rings (SSSR count). The first-order chi connectivity index (χ1) is 17.4. The number of carbonyl (C=O) groups excluding carboxylic acids is 2. The predicted molar refractivity (Wildman–Crippen MR) is 139 cm³/mol. The fourth-order valence-electron chi connectivity index (χ4n) is 5.96. The number of rotatable bonds is 5. The van der Waals surface area contributed by atoms with E-state index in [1.165, 1.54) is 0 Å². The number of aryl methyl sites for hydroxylation is 2. The minimum Gasteiger partial charge on any atom is -0.461 e. The van der Waals surface area contributed by atoms with E-state index in [0.717, 1.165) is 90.0 Å². The van der Waals surface area contributed by atoms with E-state index in [1.807, 2.05) is 22.8 Å². The number of hydrogen-bond donors (Lipinski definition) is 0. The smallest absolute Gasteiger partial charge is 0.256 e. The molecule has 3 aromatic rings. The van der Waals surface area contributed by atoms with Crippen molar-refractivity contribution in [3.05, 3.63) is 59.4 Å². The van der Waals surface area contributed by atoms with Gasteiger partial charge in [-0.25, -0.2) is 0 Å². The second-order valence-electron chi connectivity index (χ2n) is 11.2. The second-order valence-corrected chi connectivity index (χ2v) is 11.2. The fourth-order valence-corrected chi connectivity index (χ4v) is 5.96. The molecule has 0 bridgehead atoms. The van der Waals surface area contributed by atoms with Gasteiger partial charge in [0.15, 0.2) is 0 Å². The molecule has 6 heteroatoms. The lowest BCUT2D eigenvalue weighted by Gasteiger charge is -2.24. The molecule has 0 N–H and O–H groups in total. The number of carbonyl (C=O) groups is 2. The zero-order valence-corrected chi connectivity index (χ0v) is 20.9. The van der Waals surface area contributed by atoms with Crippen molar-refractivity contribution in [1.82, 2.24) is 9.80 Å². The molecule has 6 nitrogen and oxygen atoms in total. The van der Waals surface area contributed by atoms with E-state index < -0.39 is 5.54 Å². The Hall–Kier alpha value is -3.41. The Labute approximate surface area is 211 Å². The van der Waals surface area contributed by atoms with Crippen LogP contribution in [0, 0.1) is 25.7 Å². The van der Waals surface area contributed by atoms with E-state index in [9.17, 15) is 9.59 Å². The van der Waals surface area contributed by atoms with Crippen LogP contribution in [-0.4, -0.2) is 52.6 Å². The Morgan fingerprint density at radius 2 is 1.83 bits per heavy atom. The Morgan fingerprint density at radius 1 is 1.06 bits per heavy atom. The number of nitrogens with zero attached hydrogens (tertiary/aromatic N) is 3. The number of fused-ring (bicyclic) bond motifs is 1. The number of furan rings is 1. The zero-order chi connectivity index (χ0) is 24.6. The van der Waals surface area contributed by atoms with Crippen molar-refractivity contribution in [1.29, 1.82) is 0 Å². The molecule has 4 aliphatic rings. The van der Waals surface area contributed by atoms with Crippen LogP contribution < -0.4 is 0 Å². The SMILES string of the molecule is Cc1cc2cc(-c3ccc(C4=NC5(CC5)C(=O)N4CC4CCN(C(=O)C5CC5)C4)c(C)c3)ccc2o1.